The van der Waals surface area contributed by atoms with Crippen molar-refractivity contribution in [1.82, 2.24) is 9.97 Å². The van der Waals surface area contributed by atoms with Crippen LogP contribution in [0.5, 0.6) is 0 Å². The second kappa shape index (κ2) is 4.69. The lowest BCUT2D eigenvalue weighted by molar-refractivity contribution is -0.137. The highest BCUT2D eigenvalue weighted by Crippen LogP contribution is 2.40. The van der Waals surface area contributed by atoms with Crippen LogP contribution < -0.4 is 5.56 Å². The Morgan fingerprint density at radius 2 is 2.24 bits per heavy atom. The number of nitrogens with one attached hydrogen (secondary N) is 1. The van der Waals surface area contributed by atoms with Crippen LogP contribution in [0.4, 0.5) is 0 Å². The Kier molecular flexibility index (Phi) is 3.26. The van der Waals surface area contributed by atoms with Crippen LogP contribution in [0.2, 0.25) is 0 Å². The minimum absolute atomic E-state index is 0.0947. The summed E-state index contributed by atoms with van der Waals surface area (Å²) >= 11 is 0. The zero-order valence-corrected chi connectivity index (χ0v) is 9.82. The maximum atomic E-state index is 11.8. The molecule has 5 heteroatoms. The van der Waals surface area contributed by atoms with Crippen LogP contribution in [0.1, 0.15) is 48.7 Å². The third kappa shape index (κ3) is 2.93. The molecule has 1 aliphatic rings. The fourth-order valence-electron chi connectivity index (χ4n) is 1.98. The lowest BCUT2D eigenvalue weighted by atomic mass is 10.1. The highest BCUT2D eigenvalue weighted by atomic mass is 16.4. The van der Waals surface area contributed by atoms with E-state index in [0.717, 1.165) is 18.5 Å². The molecule has 5 nitrogen and oxygen atoms in total. The van der Waals surface area contributed by atoms with Gasteiger partial charge in [-0.15, -0.1) is 0 Å². The van der Waals surface area contributed by atoms with Gasteiger partial charge in [-0.3, -0.25) is 9.59 Å². The smallest absolute Gasteiger partial charge is 0.303 e. The van der Waals surface area contributed by atoms with E-state index in [4.69, 9.17) is 5.11 Å². The van der Waals surface area contributed by atoms with E-state index in [1.54, 1.807) is 6.92 Å². The second-order valence-electron chi connectivity index (χ2n) is 4.54. The molecule has 0 aliphatic heterocycles. The molecule has 0 radical (unpaired) electrons. The van der Waals surface area contributed by atoms with E-state index in [1.165, 1.54) is 0 Å². The van der Waals surface area contributed by atoms with Crippen LogP contribution >= 0.6 is 0 Å². The van der Waals surface area contributed by atoms with Crippen LogP contribution in [0.15, 0.2) is 4.79 Å². The average Bonchev–Trinajstić information content (AvgIpc) is 3.03. The number of hydrogen-bond acceptors (Lipinski definition) is 3. The van der Waals surface area contributed by atoms with Crippen molar-refractivity contribution < 1.29 is 9.90 Å². The number of rotatable bonds is 5. The van der Waals surface area contributed by atoms with Crippen LogP contribution in [0.25, 0.3) is 0 Å². The average molecular weight is 236 g/mol. The van der Waals surface area contributed by atoms with E-state index >= 15 is 0 Å². The number of carbonyl (C=O) groups is 1. The first-order valence-electron chi connectivity index (χ1n) is 5.89. The van der Waals surface area contributed by atoms with Gasteiger partial charge in [0.05, 0.1) is 5.69 Å². The van der Waals surface area contributed by atoms with Crippen LogP contribution in [0.3, 0.4) is 0 Å². The molecule has 2 rings (SSSR count). The number of aliphatic carboxylic acids is 1. The van der Waals surface area contributed by atoms with Crippen molar-refractivity contribution in [3.63, 3.8) is 0 Å². The predicted molar refractivity (Wildman–Crippen MR) is 62.1 cm³/mol. The summed E-state index contributed by atoms with van der Waals surface area (Å²) < 4.78 is 0. The Morgan fingerprint density at radius 3 is 2.82 bits per heavy atom. The third-order valence-corrected chi connectivity index (χ3v) is 2.95. The summed E-state index contributed by atoms with van der Waals surface area (Å²) in [6, 6.07) is 0. The van der Waals surface area contributed by atoms with Crippen LogP contribution in [0, 0.1) is 6.92 Å². The number of aromatic amines is 1. The highest BCUT2D eigenvalue weighted by Gasteiger charge is 2.29. The van der Waals surface area contributed by atoms with E-state index in [-0.39, 0.29) is 12.0 Å². The van der Waals surface area contributed by atoms with E-state index < -0.39 is 5.97 Å². The SMILES string of the molecule is Cc1nc(C2CC2)c(CCCC(=O)O)c(=O)[nH]1. The normalized spacial score (nSPS) is 14.9. The van der Waals surface area contributed by atoms with Crippen molar-refractivity contribution in [2.45, 2.75) is 44.9 Å². The summed E-state index contributed by atoms with van der Waals surface area (Å²) in [5.41, 5.74) is 1.46. The molecule has 0 aromatic carbocycles. The van der Waals surface area contributed by atoms with Gasteiger partial charge in [0.15, 0.2) is 0 Å². The number of aromatic nitrogens is 2. The molecule has 1 fully saturated rings. The molecule has 0 spiro atoms. The summed E-state index contributed by atoms with van der Waals surface area (Å²) in [6.45, 7) is 1.77. The van der Waals surface area contributed by atoms with Gasteiger partial charge in [-0.1, -0.05) is 0 Å². The van der Waals surface area contributed by atoms with Crippen molar-refractivity contribution in [3.05, 3.63) is 27.4 Å². The van der Waals surface area contributed by atoms with Crippen molar-refractivity contribution in [3.8, 4) is 0 Å². The number of hydrogen-bond donors (Lipinski definition) is 2. The molecule has 0 unspecified atom stereocenters. The molecular formula is C12H16N2O3. The van der Waals surface area contributed by atoms with Gasteiger partial charge < -0.3 is 10.1 Å². The maximum Gasteiger partial charge on any atom is 0.303 e. The van der Waals surface area contributed by atoms with Gasteiger partial charge >= 0.3 is 5.97 Å². The van der Waals surface area contributed by atoms with E-state index in [9.17, 15) is 9.59 Å². The number of carboxylic acid groups (broad SMARTS) is 1. The van der Waals surface area contributed by atoms with Crippen LogP contribution in [-0.2, 0) is 11.2 Å². The molecule has 1 aliphatic carbocycles. The Bertz CT molecular complexity index is 489. The van der Waals surface area contributed by atoms with Gasteiger partial charge in [0, 0.05) is 17.9 Å². The lowest BCUT2D eigenvalue weighted by Gasteiger charge is -2.07. The number of carboxylic acids is 1. The van der Waals surface area contributed by atoms with Gasteiger partial charge in [-0.2, -0.15) is 0 Å². The molecule has 1 aromatic rings. The molecule has 1 saturated carbocycles. The Balaban J connectivity index is 2.19. The standard InChI is InChI=1S/C12H16N2O3/c1-7-13-11(8-5-6-8)9(12(17)14-7)3-2-4-10(15)16/h8H,2-6H2,1H3,(H,15,16)(H,13,14,17). The fourth-order valence-corrected chi connectivity index (χ4v) is 1.98. The molecule has 2 N–H and O–H groups in total. The largest absolute Gasteiger partial charge is 0.481 e. The van der Waals surface area contributed by atoms with E-state index in [1.807, 2.05) is 0 Å². The molecule has 0 saturated heterocycles. The molecule has 92 valence electrons. The summed E-state index contributed by atoms with van der Waals surface area (Å²) in [4.78, 5) is 29.4. The van der Waals surface area contributed by atoms with Crippen molar-refractivity contribution in [2.24, 2.45) is 0 Å². The molecule has 17 heavy (non-hydrogen) atoms. The zero-order chi connectivity index (χ0) is 12.4. The zero-order valence-electron chi connectivity index (χ0n) is 9.82. The fraction of sp³-hybridized carbons (Fsp3) is 0.583. The van der Waals surface area contributed by atoms with Crippen molar-refractivity contribution >= 4 is 5.97 Å². The molecule has 0 atom stereocenters. The molecule has 1 heterocycles. The van der Waals surface area contributed by atoms with E-state index in [2.05, 4.69) is 9.97 Å². The van der Waals surface area contributed by atoms with Crippen LogP contribution in [-0.4, -0.2) is 21.0 Å². The quantitative estimate of drug-likeness (QED) is 0.808. The minimum atomic E-state index is -0.825. The maximum absolute atomic E-state index is 11.8. The minimum Gasteiger partial charge on any atom is -0.481 e. The summed E-state index contributed by atoms with van der Waals surface area (Å²) in [7, 11) is 0. The van der Waals surface area contributed by atoms with Gasteiger partial charge in [-0.25, -0.2) is 4.98 Å². The Morgan fingerprint density at radius 1 is 1.53 bits per heavy atom. The van der Waals surface area contributed by atoms with E-state index in [0.29, 0.717) is 30.1 Å². The lowest BCUT2D eigenvalue weighted by Crippen LogP contribution is -2.19. The molecular weight excluding hydrogens is 220 g/mol. The Hall–Kier alpha value is -1.65. The topological polar surface area (TPSA) is 83.0 Å². The summed E-state index contributed by atoms with van der Waals surface area (Å²) in [5.74, 6) is 0.226. The first kappa shape index (κ1) is 11.8. The summed E-state index contributed by atoms with van der Waals surface area (Å²) in [5, 5.41) is 8.59. The monoisotopic (exact) mass is 236 g/mol. The molecule has 1 aromatic heterocycles. The molecule has 0 bridgehead atoms. The molecule has 0 amide bonds. The number of aryl methyl sites for hydroxylation is 1. The van der Waals surface area contributed by atoms with Gasteiger partial charge in [-0.05, 0) is 32.6 Å². The van der Waals surface area contributed by atoms with Gasteiger partial charge in [0.25, 0.3) is 5.56 Å². The van der Waals surface area contributed by atoms with Gasteiger partial charge in [0.1, 0.15) is 5.82 Å². The first-order chi connectivity index (χ1) is 8.08. The Labute approximate surface area is 98.9 Å². The second-order valence-corrected chi connectivity index (χ2v) is 4.54. The first-order valence-corrected chi connectivity index (χ1v) is 5.89. The third-order valence-electron chi connectivity index (χ3n) is 2.95. The summed E-state index contributed by atoms with van der Waals surface area (Å²) in [6.07, 6.45) is 3.25. The number of nitrogens with zero attached hydrogens (tertiary/aromatic N) is 1. The van der Waals surface area contributed by atoms with Gasteiger partial charge in [0.2, 0.25) is 0 Å². The predicted octanol–water partition coefficient (Wildman–Crippen LogP) is 1.36. The highest BCUT2D eigenvalue weighted by molar-refractivity contribution is 5.66. The van der Waals surface area contributed by atoms with Crippen molar-refractivity contribution in [2.75, 3.05) is 0 Å². The van der Waals surface area contributed by atoms with Crippen molar-refractivity contribution in [1.29, 1.82) is 0 Å². The number of H-pyrrole nitrogens is 1.